The Balaban J connectivity index is 1.61. The van der Waals surface area contributed by atoms with Crippen molar-refractivity contribution in [2.45, 2.75) is 63.8 Å². The molecule has 20 heavy (non-hydrogen) atoms. The van der Waals surface area contributed by atoms with Gasteiger partial charge < -0.3 is 10.1 Å². The maximum atomic E-state index is 12.2. The van der Waals surface area contributed by atoms with E-state index < -0.39 is 0 Å². The third-order valence-electron chi connectivity index (χ3n) is 4.07. The summed E-state index contributed by atoms with van der Waals surface area (Å²) in [7, 11) is 0. The van der Waals surface area contributed by atoms with Crippen LogP contribution in [0, 0.1) is 4.77 Å². The SMILES string of the molecule is CCCc1n[nH]c(=S)n1CC(=O)N[C@@H]1C[C@H]2CC[C@H]1O2. The summed E-state index contributed by atoms with van der Waals surface area (Å²) in [5.74, 6) is 0.831. The van der Waals surface area contributed by atoms with Gasteiger partial charge in [0.25, 0.3) is 0 Å². The van der Waals surface area contributed by atoms with Crippen molar-refractivity contribution in [2.75, 3.05) is 0 Å². The number of carbonyl (C=O) groups excluding carboxylic acids is 1. The molecule has 1 aromatic rings. The number of aryl methyl sites for hydroxylation is 1. The smallest absolute Gasteiger partial charge is 0.240 e. The number of amides is 1. The van der Waals surface area contributed by atoms with Gasteiger partial charge >= 0.3 is 0 Å². The molecule has 1 amide bonds. The van der Waals surface area contributed by atoms with E-state index in [1.54, 1.807) is 4.57 Å². The van der Waals surface area contributed by atoms with Crippen LogP contribution in [-0.4, -0.2) is 38.9 Å². The minimum absolute atomic E-state index is 0.0130. The molecule has 2 saturated heterocycles. The van der Waals surface area contributed by atoms with Gasteiger partial charge in [-0.3, -0.25) is 14.5 Å². The Morgan fingerprint density at radius 2 is 2.45 bits per heavy atom. The molecule has 110 valence electrons. The Morgan fingerprint density at radius 1 is 1.60 bits per heavy atom. The Kier molecular flexibility index (Phi) is 3.89. The first-order chi connectivity index (χ1) is 9.67. The molecule has 3 heterocycles. The number of nitrogens with zero attached hydrogens (tertiary/aromatic N) is 2. The van der Waals surface area contributed by atoms with Gasteiger partial charge in [0.15, 0.2) is 4.77 Å². The van der Waals surface area contributed by atoms with Crippen LogP contribution in [-0.2, 0) is 22.5 Å². The third kappa shape index (κ3) is 2.64. The van der Waals surface area contributed by atoms with Crippen LogP contribution in [0.25, 0.3) is 0 Å². The van der Waals surface area contributed by atoms with Gasteiger partial charge in [-0.1, -0.05) is 6.92 Å². The molecule has 0 radical (unpaired) electrons. The summed E-state index contributed by atoms with van der Waals surface area (Å²) in [6.45, 7) is 2.31. The predicted molar refractivity (Wildman–Crippen MR) is 75.8 cm³/mol. The van der Waals surface area contributed by atoms with Crippen molar-refractivity contribution in [1.29, 1.82) is 0 Å². The van der Waals surface area contributed by atoms with E-state index in [4.69, 9.17) is 17.0 Å². The number of nitrogens with one attached hydrogen (secondary N) is 2. The standard InChI is InChI=1S/C13H20N4O2S/c1-2-3-11-15-16-13(20)17(11)7-12(18)14-9-6-8-4-5-10(9)19-8/h8-10H,2-7H2,1H3,(H,14,18)(H,16,20)/t8-,9-,10-/m1/s1. The minimum atomic E-state index is -0.0130. The number of aromatic amines is 1. The first-order valence-corrected chi connectivity index (χ1v) is 7.67. The summed E-state index contributed by atoms with van der Waals surface area (Å²) in [6.07, 6.45) is 5.47. The fourth-order valence-corrected chi connectivity index (χ4v) is 3.33. The van der Waals surface area contributed by atoms with Crippen molar-refractivity contribution in [3.8, 4) is 0 Å². The van der Waals surface area contributed by atoms with Gasteiger partial charge in [-0.25, -0.2) is 0 Å². The van der Waals surface area contributed by atoms with Crippen LogP contribution in [0.2, 0.25) is 0 Å². The molecule has 2 bridgehead atoms. The first kappa shape index (κ1) is 13.8. The van der Waals surface area contributed by atoms with E-state index in [1.165, 1.54) is 0 Å². The normalized spacial score (nSPS) is 27.9. The van der Waals surface area contributed by atoms with Crippen LogP contribution in [0.1, 0.15) is 38.4 Å². The molecule has 2 aliphatic heterocycles. The molecular weight excluding hydrogens is 276 g/mol. The maximum Gasteiger partial charge on any atom is 0.240 e. The molecule has 1 aromatic heterocycles. The van der Waals surface area contributed by atoms with Gasteiger partial charge in [-0.05, 0) is 37.9 Å². The number of rotatable bonds is 5. The fourth-order valence-electron chi connectivity index (χ4n) is 3.11. The van der Waals surface area contributed by atoms with Crippen LogP contribution in [0.3, 0.4) is 0 Å². The lowest BCUT2D eigenvalue weighted by atomic mass is 9.95. The lowest BCUT2D eigenvalue weighted by molar-refractivity contribution is -0.122. The van der Waals surface area contributed by atoms with E-state index in [1.807, 2.05) is 0 Å². The van der Waals surface area contributed by atoms with Gasteiger partial charge in [-0.2, -0.15) is 5.10 Å². The molecule has 0 saturated carbocycles. The number of hydrogen-bond donors (Lipinski definition) is 2. The average molecular weight is 296 g/mol. The quantitative estimate of drug-likeness (QED) is 0.804. The van der Waals surface area contributed by atoms with E-state index in [0.717, 1.165) is 37.9 Å². The second kappa shape index (κ2) is 5.65. The molecule has 0 aromatic carbocycles. The van der Waals surface area contributed by atoms with Crippen LogP contribution in [0.15, 0.2) is 0 Å². The van der Waals surface area contributed by atoms with Crippen molar-refractivity contribution >= 4 is 18.1 Å². The average Bonchev–Trinajstić information content (AvgIpc) is 3.10. The third-order valence-corrected chi connectivity index (χ3v) is 4.38. The molecule has 2 aliphatic rings. The van der Waals surface area contributed by atoms with E-state index in [-0.39, 0.29) is 24.6 Å². The Morgan fingerprint density at radius 3 is 3.10 bits per heavy atom. The molecule has 6 nitrogen and oxygen atoms in total. The highest BCUT2D eigenvalue weighted by Crippen LogP contribution is 2.34. The predicted octanol–water partition coefficient (Wildman–Crippen LogP) is 1.33. The zero-order valence-electron chi connectivity index (χ0n) is 11.6. The molecule has 3 atom stereocenters. The summed E-state index contributed by atoms with van der Waals surface area (Å²) in [4.78, 5) is 12.2. The summed E-state index contributed by atoms with van der Waals surface area (Å²) in [6, 6.07) is 0.164. The van der Waals surface area contributed by atoms with Crippen LogP contribution < -0.4 is 5.32 Å². The molecule has 2 N–H and O–H groups in total. The molecule has 3 rings (SSSR count). The fraction of sp³-hybridized carbons (Fsp3) is 0.769. The Bertz CT molecular complexity index is 553. The van der Waals surface area contributed by atoms with Crippen molar-refractivity contribution in [3.63, 3.8) is 0 Å². The monoisotopic (exact) mass is 296 g/mol. The molecule has 0 unspecified atom stereocenters. The van der Waals surface area contributed by atoms with E-state index in [9.17, 15) is 4.79 Å². The molecule has 0 spiro atoms. The summed E-state index contributed by atoms with van der Waals surface area (Å²) in [5.41, 5.74) is 0. The number of aromatic nitrogens is 3. The van der Waals surface area contributed by atoms with Gasteiger partial charge in [0, 0.05) is 6.42 Å². The topological polar surface area (TPSA) is 71.9 Å². The summed E-state index contributed by atoms with van der Waals surface area (Å²) in [5, 5.41) is 10.0. The lowest BCUT2D eigenvalue weighted by Crippen LogP contribution is -2.42. The second-order valence-corrected chi connectivity index (χ2v) is 5.95. The van der Waals surface area contributed by atoms with Gasteiger partial charge in [0.1, 0.15) is 12.4 Å². The lowest BCUT2D eigenvalue weighted by Gasteiger charge is -2.20. The van der Waals surface area contributed by atoms with Crippen molar-refractivity contribution in [2.24, 2.45) is 0 Å². The number of fused-ring (bicyclic) bond motifs is 2. The van der Waals surface area contributed by atoms with Crippen LogP contribution >= 0.6 is 12.2 Å². The molecule has 2 fully saturated rings. The maximum absolute atomic E-state index is 12.2. The highest BCUT2D eigenvalue weighted by molar-refractivity contribution is 7.71. The zero-order valence-corrected chi connectivity index (χ0v) is 12.4. The number of H-pyrrole nitrogens is 1. The van der Waals surface area contributed by atoms with Crippen molar-refractivity contribution in [1.82, 2.24) is 20.1 Å². The van der Waals surface area contributed by atoms with Crippen molar-refractivity contribution < 1.29 is 9.53 Å². The van der Waals surface area contributed by atoms with Crippen LogP contribution in [0.5, 0.6) is 0 Å². The first-order valence-electron chi connectivity index (χ1n) is 7.26. The van der Waals surface area contributed by atoms with E-state index >= 15 is 0 Å². The minimum Gasteiger partial charge on any atom is -0.373 e. The zero-order chi connectivity index (χ0) is 14.1. The molecule has 7 heteroatoms. The molecule has 0 aliphatic carbocycles. The second-order valence-electron chi connectivity index (χ2n) is 5.56. The number of carbonyl (C=O) groups is 1. The van der Waals surface area contributed by atoms with Gasteiger partial charge in [0.2, 0.25) is 5.91 Å². The van der Waals surface area contributed by atoms with Crippen LogP contribution in [0.4, 0.5) is 0 Å². The van der Waals surface area contributed by atoms with Crippen molar-refractivity contribution in [3.05, 3.63) is 10.6 Å². The Labute approximate surface area is 122 Å². The van der Waals surface area contributed by atoms with Gasteiger partial charge in [-0.15, -0.1) is 0 Å². The number of hydrogen-bond acceptors (Lipinski definition) is 4. The van der Waals surface area contributed by atoms with E-state index in [0.29, 0.717) is 10.9 Å². The van der Waals surface area contributed by atoms with E-state index in [2.05, 4.69) is 22.4 Å². The summed E-state index contributed by atoms with van der Waals surface area (Å²) >= 11 is 5.18. The van der Waals surface area contributed by atoms with Gasteiger partial charge in [0.05, 0.1) is 18.2 Å². The Hall–Kier alpha value is -1.21. The number of ether oxygens (including phenoxy) is 1. The highest BCUT2D eigenvalue weighted by atomic mass is 32.1. The largest absolute Gasteiger partial charge is 0.373 e. The molecular formula is C13H20N4O2S. The highest BCUT2D eigenvalue weighted by Gasteiger charge is 2.41. The summed E-state index contributed by atoms with van der Waals surface area (Å²) < 4.78 is 8.03.